The maximum Gasteiger partial charge on any atom is 0.316 e. The van der Waals surface area contributed by atoms with Crippen molar-refractivity contribution in [1.82, 2.24) is 9.55 Å². The van der Waals surface area contributed by atoms with Gasteiger partial charge in [-0.2, -0.15) is 0 Å². The van der Waals surface area contributed by atoms with Gasteiger partial charge in [0.1, 0.15) is 4.83 Å². The molecule has 1 aliphatic rings. The van der Waals surface area contributed by atoms with Crippen LogP contribution in [0, 0.1) is 18.3 Å². The third-order valence-corrected chi connectivity index (χ3v) is 8.32. The van der Waals surface area contributed by atoms with Crippen molar-refractivity contribution in [2.75, 3.05) is 12.4 Å². The fourth-order valence-electron chi connectivity index (χ4n) is 4.40. The summed E-state index contributed by atoms with van der Waals surface area (Å²) in [5, 5.41) is 1.29. The summed E-state index contributed by atoms with van der Waals surface area (Å²) in [6, 6.07) is 7.81. The Morgan fingerprint density at radius 2 is 2.06 bits per heavy atom. The van der Waals surface area contributed by atoms with Crippen LogP contribution in [-0.2, 0) is 22.4 Å². The minimum Gasteiger partial charge on any atom is -0.465 e. The van der Waals surface area contributed by atoms with Crippen molar-refractivity contribution in [2.45, 2.75) is 59.0 Å². The first kappa shape index (κ1) is 23.1. The van der Waals surface area contributed by atoms with Crippen molar-refractivity contribution in [3.05, 3.63) is 50.6 Å². The summed E-state index contributed by atoms with van der Waals surface area (Å²) in [7, 11) is 0. The molecule has 3 aromatic rings. The molecule has 1 aromatic carbocycles. The van der Waals surface area contributed by atoms with E-state index in [4.69, 9.17) is 9.72 Å². The van der Waals surface area contributed by atoms with Crippen LogP contribution in [0.2, 0.25) is 0 Å². The molecule has 1 atom stereocenters. The van der Waals surface area contributed by atoms with E-state index in [2.05, 4.69) is 20.8 Å². The number of thioether (sulfide) groups is 1. The quantitative estimate of drug-likeness (QED) is 0.277. The summed E-state index contributed by atoms with van der Waals surface area (Å²) in [6.07, 6.45) is 3.00. The fraction of sp³-hybridized carbons (Fsp3) is 0.480. The van der Waals surface area contributed by atoms with Gasteiger partial charge in [-0.15, -0.1) is 11.3 Å². The number of nitrogens with zero attached hydrogens (tertiary/aromatic N) is 2. The highest BCUT2D eigenvalue weighted by Gasteiger charge is 2.32. The normalized spacial score (nSPS) is 16.2. The second kappa shape index (κ2) is 9.02. The monoisotopic (exact) mass is 470 g/mol. The summed E-state index contributed by atoms with van der Waals surface area (Å²) in [5.74, 6) is 0.412. The Morgan fingerprint density at radius 3 is 2.75 bits per heavy atom. The van der Waals surface area contributed by atoms with Crippen molar-refractivity contribution in [3.8, 4) is 5.69 Å². The molecule has 0 bridgehead atoms. The lowest BCUT2D eigenvalue weighted by atomic mass is 9.72. The Balaban J connectivity index is 1.86. The average molecular weight is 471 g/mol. The molecule has 0 spiro atoms. The average Bonchev–Trinajstić information content (AvgIpc) is 3.10. The number of ether oxygens (including phenoxy) is 1. The van der Waals surface area contributed by atoms with Crippen molar-refractivity contribution < 1.29 is 9.53 Å². The Labute approximate surface area is 197 Å². The molecule has 5 nitrogen and oxygen atoms in total. The first-order valence-electron chi connectivity index (χ1n) is 11.1. The van der Waals surface area contributed by atoms with Crippen LogP contribution in [-0.4, -0.2) is 27.9 Å². The lowest BCUT2D eigenvalue weighted by Crippen LogP contribution is -2.27. The van der Waals surface area contributed by atoms with E-state index in [1.807, 2.05) is 31.2 Å². The van der Waals surface area contributed by atoms with Crippen LogP contribution in [0.4, 0.5) is 0 Å². The number of aryl methyl sites for hydroxylation is 2. The van der Waals surface area contributed by atoms with Gasteiger partial charge >= 0.3 is 5.97 Å². The van der Waals surface area contributed by atoms with Gasteiger partial charge in [-0.25, -0.2) is 4.98 Å². The van der Waals surface area contributed by atoms with Gasteiger partial charge in [0.05, 0.1) is 23.4 Å². The Kier molecular flexibility index (Phi) is 6.50. The van der Waals surface area contributed by atoms with Crippen LogP contribution in [0.3, 0.4) is 0 Å². The first-order valence-corrected chi connectivity index (χ1v) is 12.9. The molecule has 0 amide bonds. The molecule has 7 heteroatoms. The second-order valence-electron chi connectivity index (χ2n) is 9.40. The van der Waals surface area contributed by atoms with Crippen molar-refractivity contribution in [1.29, 1.82) is 0 Å². The summed E-state index contributed by atoms with van der Waals surface area (Å²) in [4.78, 5) is 32.9. The molecule has 0 radical (unpaired) electrons. The van der Waals surface area contributed by atoms with E-state index in [1.54, 1.807) is 22.8 Å². The van der Waals surface area contributed by atoms with Gasteiger partial charge in [0, 0.05) is 4.88 Å². The van der Waals surface area contributed by atoms with Gasteiger partial charge in [-0.05, 0) is 61.6 Å². The van der Waals surface area contributed by atoms with E-state index < -0.39 is 0 Å². The number of fused-ring (bicyclic) bond motifs is 3. The maximum atomic E-state index is 13.9. The van der Waals surface area contributed by atoms with Crippen LogP contribution < -0.4 is 5.56 Å². The molecule has 0 unspecified atom stereocenters. The molecule has 32 heavy (non-hydrogen) atoms. The van der Waals surface area contributed by atoms with E-state index in [0.29, 0.717) is 17.7 Å². The molecule has 0 saturated carbocycles. The van der Waals surface area contributed by atoms with Crippen molar-refractivity contribution >= 4 is 39.3 Å². The number of thiophene rings is 1. The highest BCUT2D eigenvalue weighted by atomic mass is 32.2. The highest BCUT2D eigenvalue weighted by molar-refractivity contribution is 7.99. The molecule has 1 aliphatic carbocycles. The zero-order valence-corrected chi connectivity index (χ0v) is 21.0. The lowest BCUT2D eigenvalue weighted by molar-refractivity contribution is -0.139. The van der Waals surface area contributed by atoms with Crippen molar-refractivity contribution in [3.63, 3.8) is 0 Å². The maximum absolute atomic E-state index is 13.9. The van der Waals surface area contributed by atoms with Gasteiger partial charge in [0.15, 0.2) is 5.16 Å². The van der Waals surface area contributed by atoms with E-state index >= 15 is 0 Å². The number of aromatic nitrogens is 2. The van der Waals surface area contributed by atoms with E-state index in [1.165, 1.54) is 22.2 Å². The summed E-state index contributed by atoms with van der Waals surface area (Å²) in [5.41, 5.74) is 3.17. The minimum absolute atomic E-state index is 0.0395. The topological polar surface area (TPSA) is 61.2 Å². The largest absolute Gasteiger partial charge is 0.465 e. The standard InChI is InChI=1S/C25H30N2O3S2/c1-6-30-20(28)14-31-24-26-22-21(23(29)27(24)18-10-8-7-9-15(18)2)17-12-11-16(25(3,4)5)13-19(17)32-22/h7-10,16H,6,11-14H2,1-5H3/t16-/m0/s1. The third kappa shape index (κ3) is 4.37. The highest BCUT2D eigenvalue weighted by Crippen LogP contribution is 2.42. The van der Waals surface area contributed by atoms with Gasteiger partial charge in [-0.1, -0.05) is 50.7 Å². The van der Waals surface area contributed by atoms with Gasteiger partial charge in [0.2, 0.25) is 0 Å². The SMILES string of the molecule is CCOC(=O)CSc1nc2sc3c(c2c(=O)n1-c1ccccc1C)CC[C@H](C(C)(C)C)C3. The molecule has 2 aromatic heterocycles. The van der Waals surface area contributed by atoms with Crippen molar-refractivity contribution in [2.24, 2.45) is 11.3 Å². The fourth-order valence-corrected chi connectivity index (χ4v) is 6.54. The number of para-hydroxylation sites is 1. The van der Waals surface area contributed by atoms with E-state index in [-0.39, 0.29) is 22.7 Å². The molecule has 170 valence electrons. The Bertz CT molecular complexity index is 1220. The molecular weight excluding hydrogens is 440 g/mol. The molecular formula is C25H30N2O3S2. The number of benzene rings is 1. The number of hydrogen-bond donors (Lipinski definition) is 0. The van der Waals surface area contributed by atoms with Crippen LogP contribution in [0.25, 0.3) is 15.9 Å². The molecule has 0 fully saturated rings. The molecule has 0 N–H and O–H groups in total. The van der Waals surface area contributed by atoms with Crippen LogP contribution in [0.1, 0.15) is 50.1 Å². The van der Waals surface area contributed by atoms with Gasteiger partial charge in [-0.3, -0.25) is 14.2 Å². The lowest BCUT2D eigenvalue weighted by Gasteiger charge is -2.33. The Morgan fingerprint density at radius 1 is 1.31 bits per heavy atom. The first-order chi connectivity index (χ1) is 15.2. The van der Waals surface area contributed by atoms with Crippen LogP contribution in [0.15, 0.2) is 34.2 Å². The Hall–Kier alpha value is -2.12. The van der Waals surface area contributed by atoms with E-state index in [0.717, 1.165) is 40.7 Å². The number of carbonyl (C=O) groups is 1. The predicted octanol–water partition coefficient (Wildman–Crippen LogP) is 5.56. The predicted molar refractivity (Wildman–Crippen MR) is 132 cm³/mol. The molecule has 0 saturated heterocycles. The van der Waals surface area contributed by atoms with Gasteiger partial charge in [0.25, 0.3) is 5.56 Å². The minimum atomic E-state index is -0.304. The second-order valence-corrected chi connectivity index (χ2v) is 11.4. The number of hydrogen-bond acceptors (Lipinski definition) is 6. The van der Waals surface area contributed by atoms with Crippen LogP contribution in [0.5, 0.6) is 0 Å². The zero-order chi connectivity index (χ0) is 23.0. The zero-order valence-electron chi connectivity index (χ0n) is 19.4. The molecule has 2 heterocycles. The molecule has 4 rings (SSSR count). The number of esters is 1. The number of carbonyl (C=O) groups excluding carboxylic acids is 1. The third-order valence-electron chi connectivity index (χ3n) is 6.26. The molecule has 0 aliphatic heterocycles. The van der Waals surface area contributed by atoms with E-state index in [9.17, 15) is 9.59 Å². The summed E-state index contributed by atoms with van der Waals surface area (Å²) >= 11 is 2.91. The van der Waals surface area contributed by atoms with Gasteiger partial charge < -0.3 is 4.74 Å². The number of rotatable bonds is 5. The smallest absolute Gasteiger partial charge is 0.316 e. The summed E-state index contributed by atoms with van der Waals surface area (Å²) < 4.78 is 6.77. The summed E-state index contributed by atoms with van der Waals surface area (Å²) in [6.45, 7) is 11.0. The van der Waals surface area contributed by atoms with Crippen LogP contribution >= 0.6 is 23.1 Å².